The van der Waals surface area contributed by atoms with Crippen LogP contribution in [-0.4, -0.2) is 53.2 Å². The minimum absolute atomic E-state index is 0.163. The molecule has 2 aromatic rings. The van der Waals surface area contributed by atoms with Crippen LogP contribution in [0.1, 0.15) is 0 Å². The summed E-state index contributed by atoms with van der Waals surface area (Å²) in [4.78, 5) is 29.4. The van der Waals surface area contributed by atoms with E-state index in [1.807, 2.05) is 0 Å². The van der Waals surface area contributed by atoms with Gasteiger partial charge in [-0.25, -0.2) is 15.0 Å². The SMILES string of the molecule is Nc1ncnc2c1ncn2C1=C[C@@H](O)[C@@H](COP(O)O)O1. The van der Waals surface area contributed by atoms with Gasteiger partial charge < -0.3 is 29.9 Å². The van der Waals surface area contributed by atoms with Gasteiger partial charge in [0.05, 0.1) is 6.61 Å². The average Bonchev–Trinajstić information content (AvgIpc) is 3.01. The van der Waals surface area contributed by atoms with Gasteiger partial charge in [-0.05, 0) is 0 Å². The number of hydrogen-bond donors (Lipinski definition) is 4. The van der Waals surface area contributed by atoms with E-state index >= 15 is 0 Å². The van der Waals surface area contributed by atoms with Gasteiger partial charge >= 0.3 is 8.60 Å². The monoisotopic (exact) mass is 313 g/mol. The van der Waals surface area contributed by atoms with Crippen LogP contribution in [0.2, 0.25) is 0 Å². The van der Waals surface area contributed by atoms with Crippen molar-refractivity contribution in [2.75, 3.05) is 12.3 Å². The molecule has 5 N–H and O–H groups in total. The molecule has 0 fully saturated rings. The molecule has 0 aliphatic carbocycles. The molecule has 2 atom stereocenters. The zero-order valence-corrected chi connectivity index (χ0v) is 11.5. The van der Waals surface area contributed by atoms with Crippen molar-refractivity contribution in [1.29, 1.82) is 0 Å². The number of aliphatic hydroxyl groups is 1. The molecule has 11 heteroatoms. The number of imidazole rings is 1. The van der Waals surface area contributed by atoms with E-state index in [9.17, 15) is 5.11 Å². The first-order valence-electron chi connectivity index (χ1n) is 5.87. The van der Waals surface area contributed by atoms with Crippen molar-refractivity contribution in [2.24, 2.45) is 0 Å². The van der Waals surface area contributed by atoms with Gasteiger partial charge in [0.1, 0.15) is 18.8 Å². The molecule has 0 saturated heterocycles. The third kappa shape index (κ3) is 2.67. The summed E-state index contributed by atoms with van der Waals surface area (Å²) >= 11 is 0. The van der Waals surface area contributed by atoms with Crippen molar-refractivity contribution >= 4 is 31.5 Å². The number of nitrogen functional groups attached to an aromatic ring is 1. The smallest absolute Gasteiger partial charge is 0.327 e. The molecule has 0 radical (unpaired) electrons. The van der Waals surface area contributed by atoms with E-state index in [1.165, 1.54) is 23.3 Å². The standard InChI is InChI=1S/C10H12N5O5P/c11-9-8-10(13-3-12-9)15(4-14-8)7-1-5(16)6(20-7)2-19-21(17)18/h1,3-6,16-18H,2H2,(H2,11,12,13)/t5-,6-/m1/s1. The predicted octanol–water partition coefficient (Wildman–Crippen LogP) is -0.805. The zero-order valence-electron chi connectivity index (χ0n) is 10.6. The molecule has 0 amide bonds. The summed E-state index contributed by atoms with van der Waals surface area (Å²) in [6.45, 7) is -0.163. The summed E-state index contributed by atoms with van der Waals surface area (Å²) in [5, 5.41) is 9.87. The van der Waals surface area contributed by atoms with Crippen LogP contribution in [0.4, 0.5) is 5.82 Å². The molecule has 2 aromatic heterocycles. The summed E-state index contributed by atoms with van der Waals surface area (Å²) in [7, 11) is -2.50. The highest BCUT2D eigenvalue weighted by molar-refractivity contribution is 7.39. The lowest BCUT2D eigenvalue weighted by atomic mass is 10.2. The second-order valence-corrected chi connectivity index (χ2v) is 5.01. The third-order valence-electron chi connectivity index (χ3n) is 2.92. The van der Waals surface area contributed by atoms with Gasteiger partial charge in [0, 0.05) is 6.08 Å². The van der Waals surface area contributed by atoms with Crippen LogP contribution in [-0.2, 0) is 9.26 Å². The molecule has 112 valence electrons. The maximum Gasteiger partial charge on any atom is 0.327 e. The Labute approximate surface area is 119 Å². The highest BCUT2D eigenvalue weighted by Crippen LogP contribution is 2.30. The van der Waals surface area contributed by atoms with Crippen LogP contribution < -0.4 is 5.73 Å². The van der Waals surface area contributed by atoms with E-state index in [1.54, 1.807) is 0 Å². The van der Waals surface area contributed by atoms with E-state index in [0.717, 1.165) is 0 Å². The van der Waals surface area contributed by atoms with Gasteiger partial charge in [-0.1, -0.05) is 0 Å². The summed E-state index contributed by atoms with van der Waals surface area (Å²) in [6, 6.07) is 0. The fraction of sp³-hybridized carbons (Fsp3) is 0.300. The van der Waals surface area contributed by atoms with Crippen LogP contribution in [0.15, 0.2) is 18.7 Å². The number of ether oxygens (including phenoxy) is 1. The number of aliphatic hydroxyl groups excluding tert-OH is 1. The maximum absolute atomic E-state index is 9.87. The first kappa shape index (κ1) is 14.1. The van der Waals surface area contributed by atoms with Crippen LogP contribution in [0.5, 0.6) is 0 Å². The number of aromatic nitrogens is 4. The van der Waals surface area contributed by atoms with Gasteiger partial charge in [-0.3, -0.25) is 4.57 Å². The Bertz CT molecular complexity index is 690. The average molecular weight is 313 g/mol. The van der Waals surface area contributed by atoms with Crippen molar-refractivity contribution in [1.82, 2.24) is 19.5 Å². The number of nitrogens with zero attached hydrogens (tertiary/aromatic N) is 4. The van der Waals surface area contributed by atoms with Gasteiger partial charge in [-0.15, -0.1) is 0 Å². The molecule has 3 rings (SSSR count). The molecule has 1 aliphatic rings. The Hall–Kier alpha value is -1.84. The first-order valence-corrected chi connectivity index (χ1v) is 7.04. The summed E-state index contributed by atoms with van der Waals surface area (Å²) in [5.74, 6) is 0.542. The normalized spacial score (nSPS) is 21.8. The molecular weight excluding hydrogens is 301 g/mol. The van der Waals surface area contributed by atoms with Crippen LogP contribution in [0.25, 0.3) is 17.0 Å². The molecule has 0 aromatic carbocycles. The van der Waals surface area contributed by atoms with E-state index in [0.29, 0.717) is 17.0 Å². The predicted molar refractivity (Wildman–Crippen MR) is 72.2 cm³/mol. The Morgan fingerprint density at radius 1 is 1.38 bits per heavy atom. The lowest BCUT2D eigenvalue weighted by Crippen LogP contribution is -2.26. The molecule has 1 aliphatic heterocycles. The van der Waals surface area contributed by atoms with E-state index in [4.69, 9.17) is 20.3 Å². The molecule has 0 spiro atoms. The first-order chi connectivity index (χ1) is 10.1. The minimum atomic E-state index is -2.50. The fourth-order valence-corrected chi connectivity index (χ4v) is 2.22. The Balaban J connectivity index is 1.84. The van der Waals surface area contributed by atoms with Crippen molar-refractivity contribution in [2.45, 2.75) is 12.2 Å². The van der Waals surface area contributed by atoms with Crippen molar-refractivity contribution in [3.63, 3.8) is 0 Å². The quantitative estimate of drug-likeness (QED) is 0.532. The molecule has 0 unspecified atom stereocenters. The summed E-state index contributed by atoms with van der Waals surface area (Å²) in [5.41, 5.74) is 6.55. The maximum atomic E-state index is 9.87. The fourth-order valence-electron chi connectivity index (χ4n) is 1.94. The van der Waals surface area contributed by atoms with E-state index in [2.05, 4.69) is 19.5 Å². The molecular formula is C10H12N5O5P. The minimum Gasteiger partial charge on any atom is -0.470 e. The molecule has 0 bridgehead atoms. The van der Waals surface area contributed by atoms with Gasteiger partial charge in [0.25, 0.3) is 0 Å². The number of rotatable bonds is 4. The Morgan fingerprint density at radius 2 is 2.19 bits per heavy atom. The number of hydrogen-bond acceptors (Lipinski definition) is 9. The van der Waals surface area contributed by atoms with Gasteiger partial charge in [-0.2, -0.15) is 0 Å². The molecule has 21 heavy (non-hydrogen) atoms. The van der Waals surface area contributed by atoms with E-state index in [-0.39, 0.29) is 12.4 Å². The van der Waals surface area contributed by atoms with Crippen LogP contribution >= 0.6 is 8.60 Å². The molecule has 0 saturated carbocycles. The number of fused-ring (bicyclic) bond motifs is 1. The lowest BCUT2D eigenvalue weighted by Gasteiger charge is -2.16. The van der Waals surface area contributed by atoms with Crippen molar-refractivity contribution < 1.29 is 24.2 Å². The van der Waals surface area contributed by atoms with Crippen molar-refractivity contribution in [3.8, 4) is 0 Å². The van der Waals surface area contributed by atoms with Crippen LogP contribution in [0, 0.1) is 0 Å². The summed E-state index contributed by atoms with van der Waals surface area (Å²) in [6.07, 6.45) is 2.49. The Kier molecular flexibility index (Phi) is 3.70. The van der Waals surface area contributed by atoms with Gasteiger partial charge in [0.2, 0.25) is 0 Å². The lowest BCUT2D eigenvalue weighted by molar-refractivity contribution is 0.0300. The topological polar surface area (TPSA) is 149 Å². The zero-order chi connectivity index (χ0) is 15.0. The van der Waals surface area contributed by atoms with Crippen LogP contribution in [0.3, 0.4) is 0 Å². The molecule has 3 heterocycles. The second-order valence-electron chi connectivity index (χ2n) is 4.25. The summed E-state index contributed by atoms with van der Waals surface area (Å²) < 4.78 is 11.7. The second kappa shape index (κ2) is 5.51. The largest absolute Gasteiger partial charge is 0.470 e. The van der Waals surface area contributed by atoms with Crippen molar-refractivity contribution in [3.05, 3.63) is 18.7 Å². The highest BCUT2D eigenvalue weighted by atomic mass is 31.2. The Morgan fingerprint density at radius 3 is 2.95 bits per heavy atom. The van der Waals surface area contributed by atoms with Gasteiger partial charge in [0.15, 0.2) is 29.0 Å². The molecule has 10 nitrogen and oxygen atoms in total. The number of nitrogens with two attached hydrogens (primary N) is 1. The highest BCUT2D eigenvalue weighted by Gasteiger charge is 2.30. The number of anilines is 1. The van der Waals surface area contributed by atoms with E-state index < -0.39 is 20.8 Å². The third-order valence-corrected chi connectivity index (χ3v) is 3.30.